The van der Waals surface area contributed by atoms with Crippen molar-refractivity contribution in [2.75, 3.05) is 6.61 Å². The summed E-state index contributed by atoms with van der Waals surface area (Å²) in [5.41, 5.74) is 3.73. The summed E-state index contributed by atoms with van der Waals surface area (Å²) in [6.45, 7) is 7.17. The minimum atomic E-state index is -1.64. The summed E-state index contributed by atoms with van der Waals surface area (Å²) in [6, 6.07) is 0. The second-order valence-electron chi connectivity index (χ2n) is 4.17. The Kier molecular flexibility index (Phi) is 5.33. The molecule has 4 heteroatoms. The summed E-state index contributed by atoms with van der Waals surface area (Å²) >= 11 is 0. The highest BCUT2D eigenvalue weighted by Crippen LogP contribution is 2.21. The smallest absolute Gasteiger partial charge is 0.332 e. The number of hydrogen-bond acceptors (Lipinski definition) is 3. The molecule has 0 aliphatic heterocycles. The molecule has 0 aromatic heterocycles. The summed E-state index contributed by atoms with van der Waals surface area (Å²) < 4.78 is 18.4. The van der Waals surface area contributed by atoms with Gasteiger partial charge in [-0.15, -0.1) is 0 Å². The third-order valence-corrected chi connectivity index (χ3v) is 2.10. The van der Waals surface area contributed by atoms with Gasteiger partial charge in [0.2, 0.25) is 0 Å². The van der Waals surface area contributed by atoms with Crippen LogP contribution < -0.4 is 5.73 Å². The molecule has 0 fully saturated rings. The molecular formula is C11H20FNO2. The highest BCUT2D eigenvalue weighted by Gasteiger charge is 2.24. The van der Waals surface area contributed by atoms with Crippen molar-refractivity contribution < 1.29 is 13.9 Å². The molecule has 0 amide bonds. The number of rotatable bonds is 5. The van der Waals surface area contributed by atoms with E-state index in [1.165, 1.54) is 6.92 Å². The van der Waals surface area contributed by atoms with E-state index in [9.17, 15) is 9.18 Å². The Balaban J connectivity index is 4.30. The zero-order valence-electron chi connectivity index (χ0n) is 9.84. The second-order valence-corrected chi connectivity index (χ2v) is 4.17. The number of halogens is 1. The van der Waals surface area contributed by atoms with Gasteiger partial charge in [0.1, 0.15) is 5.67 Å². The average molecular weight is 217 g/mol. The largest absolute Gasteiger partial charge is 0.462 e. The highest BCUT2D eigenvalue weighted by molar-refractivity contribution is 5.83. The van der Waals surface area contributed by atoms with Crippen molar-refractivity contribution in [3.05, 3.63) is 11.8 Å². The monoisotopic (exact) mass is 217 g/mol. The van der Waals surface area contributed by atoms with E-state index < -0.39 is 11.6 Å². The zero-order valence-corrected chi connectivity index (χ0v) is 9.84. The van der Waals surface area contributed by atoms with Crippen molar-refractivity contribution in [2.24, 2.45) is 11.7 Å². The lowest BCUT2D eigenvalue weighted by Crippen LogP contribution is -2.27. The van der Waals surface area contributed by atoms with E-state index in [0.29, 0.717) is 6.61 Å². The van der Waals surface area contributed by atoms with Crippen LogP contribution in [0.5, 0.6) is 0 Å². The molecule has 0 rings (SSSR count). The van der Waals surface area contributed by atoms with Gasteiger partial charge in [-0.1, -0.05) is 20.8 Å². The van der Waals surface area contributed by atoms with Crippen LogP contribution in [0.25, 0.3) is 0 Å². The van der Waals surface area contributed by atoms with Crippen LogP contribution in [0.4, 0.5) is 4.39 Å². The van der Waals surface area contributed by atoms with Gasteiger partial charge in [-0.25, -0.2) is 9.18 Å². The summed E-state index contributed by atoms with van der Waals surface area (Å²) in [4.78, 5) is 11.2. The van der Waals surface area contributed by atoms with Crippen molar-refractivity contribution in [3.8, 4) is 0 Å². The van der Waals surface area contributed by atoms with E-state index in [-0.39, 0.29) is 18.0 Å². The van der Waals surface area contributed by atoms with Gasteiger partial charge >= 0.3 is 5.97 Å². The number of carbonyl (C=O) groups excluding carboxylic acids is 1. The first-order chi connectivity index (χ1) is 6.79. The number of ether oxygens (including phenoxy) is 1. The van der Waals surface area contributed by atoms with Crippen molar-refractivity contribution >= 4 is 5.97 Å². The summed E-state index contributed by atoms with van der Waals surface area (Å²) in [5.74, 6) is -0.329. The first kappa shape index (κ1) is 13.9. The van der Waals surface area contributed by atoms with Gasteiger partial charge in [-0.05, 0) is 19.3 Å². The van der Waals surface area contributed by atoms with Crippen LogP contribution >= 0.6 is 0 Å². The SMILES string of the molecule is CCC(C)(F)C(N)=CC(=O)OCC(C)C. The molecule has 0 saturated carbocycles. The molecule has 0 aromatic carbocycles. The predicted molar refractivity (Wildman–Crippen MR) is 57.9 cm³/mol. The number of nitrogens with two attached hydrogens (primary N) is 1. The molecule has 0 spiro atoms. The van der Waals surface area contributed by atoms with Gasteiger partial charge in [0, 0.05) is 6.08 Å². The molecule has 0 bridgehead atoms. The first-order valence-corrected chi connectivity index (χ1v) is 5.13. The lowest BCUT2D eigenvalue weighted by Gasteiger charge is -2.18. The first-order valence-electron chi connectivity index (χ1n) is 5.13. The van der Waals surface area contributed by atoms with E-state index in [4.69, 9.17) is 10.5 Å². The molecule has 0 radical (unpaired) electrons. The molecule has 0 aromatic rings. The lowest BCUT2D eigenvalue weighted by molar-refractivity contribution is -0.138. The number of allylic oxidation sites excluding steroid dienone is 1. The van der Waals surface area contributed by atoms with E-state index in [1.807, 2.05) is 13.8 Å². The van der Waals surface area contributed by atoms with Crippen molar-refractivity contribution in [2.45, 2.75) is 39.8 Å². The zero-order chi connectivity index (χ0) is 12.1. The van der Waals surface area contributed by atoms with E-state index >= 15 is 0 Å². The minimum absolute atomic E-state index is 0.0845. The Bertz CT molecular complexity index is 247. The van der Waals surface area contributed by atoms with E-state index in [2.05, 4.69) is 0 Å². The predicted octanol–water partition coefficient (Wildman–Crippen LogP) is 2.17. The fourth-order valence-corrected chi connectivity index (χ4v) is 0.772. The lowest BCUT2D eigenvalue weighted by atomic mass is 10.0. The molecule has 3 nitrogen and oxygen atoms in total. The number of esters is 1. The van der Waals surface area contributed by atoms with Gasteiger partial charge in [0.25, 0.3) is 0 Å². The van der Waals surface area contributed by atoms with Crippen LogP contribution in [-0.4, -0.2) is 18.2 Å². The highest BCUT2D eigenvalue weighted by atomic mass is 19.1. The topological polar surface area (TPSA) is 52.3 Å². The second kappa shape index (κ2) is 5.73. The van der Waals surface area contributed by atoms with E-state index in [1.54, 1.807) is 6.92 Å². The van der Waals surface area contributed by atoms with Crippen molar-refractivity contribution in [3.63, 3.8) is 0 Å². The fraction of sp³-hybridized carbons (Fsp3) is 0.727. The van der Waals surface area contributed by atoms with Gasteiger partial charge in [-0.3, -0.25) is 0 Å². The van der Waals surface area contributed by atoms with Gasteiger partial charge in [0.05, 0.1) is 12.3 Å². The van der Waals surface area contributed by atoms with Crippen LogP contribution in [0, 0.1) is 5.92 Å². The Morgan fingerprint density at radius 2 is 2.13 bits per heavy atom. The van der Waals surface area contributed by atoms with Crippen molar-refractivity contribution in [1.82, 2.24) is 0 Å². The van der Waals surface area contributed by atoms with E-state index in [0.717, 1.165) is 6.08 Å². The minimum Gasteiger partial charge on any atom is -0.462 e. The Morgan fingerprint density at radius 1 is 1.60 bits per heavy atom. The number of alkyl halides is 1. The van der Waals surface area contributed by atoms with Gasteiger partial charge < -0.3 is 10.5 Å². The number of carbonyl (C=O) groups is 1. The quantitative estimate of drug-likeness (QED) is 0.567. The molecular weight excluding hydrogens is 197 g/mol. The molecule has 0 aliphatic rings. The standard InChI is InChI=1S/C11H20FNO2/c1-5-11(4,12)9(13)6-10(14)15-7-8(2)3/h6,8H,5,7,13H2,1-4H3. The van der Waals surface area contributed by atoms with Crippen LogP contribution in [0.3, 0.4) is 0 Å². The van der Waals surface area contributed by atoms with Crippen LogP contribution in [0.1, 0.15) is 34.1 Å². The Labute approximate surface area is 90.5 Å². The Morgan fingerprint density at radius 3 is 2.53 bits per heavy atom. The maximum absolute atomic E-state index is 13.6. The fourth-order valence-electron chi connectivity index (χ4n) is 0.772. The van der Waals surface area contributed by atoms with Gasteiger partial charge in [-0.2, -0.15) is 0 Å². The molecule has 0 saturated heterocycles. The van der Waals surface area contributed by atoms with Crippen LogP contribution in [-0.2, 0) is 9.53 Å². The average Bonchev–Trinajstić information content (AvgIpc) is 2.14. The molecule has 0 aliphatic carbocycles. The molecule has 2 N–H and O–H groups in total. The summed E-state index contributed by atoms with van der Waals surface area (Å²) in [5, 5.41) is 0. The normalized spacial score (nSPS) is 16.3. The molecule has 88 valence electrons. The molecule has 1 unspecified atom stereocenters. The molecule has 0 heterocycles. The van der Waals surface area contributed by atoms with Crippen LogP contribution in [0.2, 0.25) is 0 Å². The maximum Gasteiger partial charge on any atom is 0.332 e. The van der Waals surface area contributed by atoms with Crippen molar-refractivity contribution in [1.29, 1.82) is 0 Å². The third kappa shape index (κ3) is 5.40. The van der Waals surface area contributed by atoms with Crippen LogP contribution in [0.15, 0.2) is 11.8 Å². The summed E-state index contributed by atoms with van der Waals surface area (Å²) in [6.07, 6.45) is 1.25. The maximum atomic E-state index is 13.6. The third-order valence-electron chi connectivity index (χ3n) is 2.10. The summed E-state index contributed by atoms with van der Waals surface area (Å²) in [7, 11) is 0. The number of hydrogen-bond donors (Lipinski definition) is 1. The molecule has 15 heavy (non-hydrogen) atoms. The molecule has 1 atom stereocenters. The Hall–Kier alpha value is -1.06. The van der Waals surface area contributed by atoms with Gasteiger partial charge in [0.15, 0.2) is 0 Å².